The van der Waals surface area contributed by atoms with Crippen molar-refractivity contribution < 1.29 is 13.4 Å². The molecule has 1 aliphatic heterocycles. The standard InChI is InChI=1S/C51H31N3O/c1-2-12-29(13-3-1)30-24-39-34-20-21-35-33-16-6-7-19-46(33)55-51(35)50(34)54-45-28-36-37(26-38(45)40(25-30)47(39)54)44-18-9-11-23-53(44)49-42(36)27-41-31-14-4-5-15-32(31)43-17-8-10-22-52(43)48(41)49/h1-26,28,41,48H,27H2/q+2. The van der Waals surface area contributed by atoms with Gasteiger partial charge < -0.3 is 8.82 Å². The zero-order chi connectivity index (χ0) is 35.5. The quantitative estimate of drug-likeness (QED) is 0.124. The van der Waals surface area contributed by atoms with Gasteiger partial charge in [0.05, 0.1) is 27.9 Å². The number of fused-ring (bicyclic) bond motifs is 23. The Morgan fingerprint density at radius 1 is 0.545 bits per heavy atom. The second kappa shape index (κ2) is 9.93. The third kappa shape index (κ3) is 3.45. The van der Waals surface area contributed by atoms with Crippen molar-refractivity contribution in [3.8, 4) is 22.4 Å². The van der Waals surface area contributed by atoms with E-state index in [0.717, 1.165) is 33.9 Å². The number of pyridine rings is 3. The lowest BCUT2D eigenvalue weighted by molar-refractivity contribution is -0.724. The molecule has 7 heterocycles. The smallest absolute Gasteiger partial charge is 0.260 e. The lowest BCUT2D eigenvalue weighted by Crippen LogP contribution is -2.49. The van der Waals surface area contributed by atoms with E-state index < -0.39 is 0 Å². The maximum Gasteiger partial charge on any atom is 0.260 e. The van der Waals surface area contributed by atoms with Crippen LogP contribution >= 0.6 is 0 Å². The van der Waals surface area contributed by atoms with Crippen LogP contribution in [0.2, 0.25) is 0 Å². The van der Waals surface area contributed by atoms with E-state index in [4.69, 9.17) is 4.42 Å². The molecule has 0 amide bonds. The van der Waals surface area contributed by atoms with Crippen LogP contribution < -0.4 is 8.97 Å². The van der Waals surface area contributed by atoms with Gasteiger partial charge in [0.2, 0.25) is 17.3 Å². The number of rotatable bonds is 1. The fourth-order valence-corrected chi connectivity index (χ4v) is 10.9. The van der Waals surface area contributed by atoms with E-state index in [1.807, 2.05) is 0 Å². The summed E-state index contributed by atoms with van der Waals surface area (Å²) in [7, 11) is 0. The van der Waals surface area contributed by atoms with E-state index >= 15 is 0 Å². The number of furan rings is 1. The normalized spacial score (nSPS) is 16.3. The molecule has 2 atom stereocenters. The molecule has 0 spiro atoms. The average Bonchev–Trinajstić information content (AvgIpc) is 4.01. The van der Waals surface area contributed by atoms with E-state index in [9.17, 15) is 0 Å². The third-order valence-electron chi connectivity index (χ3n) is 13.1. The highest BCUT2D eigenvalue weighted by Crippen LogP contribution is 2.51. The number of hydrogen-bond acceptors (Lipinski definition) is 1. The molecule has 0 radical (unpaired) electrons. The minimum Gasteiger partial charge on any atom is -0.454 e. The molecule has 0 bridgehead atoms. The van der Waals surface area contributed by atoms with Gasteiger partial charge in [-0.2, -0.15) is 8.97 Å². The fourth-order valence-electron chi connectivity index (χ4n) is 10.9. The highest BCUT2D eigenvalue weighted by Gasteiger charge is 2.52. The van der Waals surface area contributed by atoms with Gasteiger partial charge in [0, 0.05) is 73.1 Å². The van der Waals surface area contributed by atoms with Crippen molar-refractivity contribution in [3.05, 3.63) is 181 Å². The molecular formula is C51H31N3O+2. The zero-order valence-corrected chi connectivity index (χ0v) is 29.7. The highest BCUT2D eigenvalue weighted by atomic mass is 16.3. The first-order valence-corrected chi connectivity index (χ1v) is 19.3. The van der Waals surface area contributed by atoms with E-state index in [-0.39, 0.29) is 6.04 Å². The molecule has 55 heavy (non-hydrogen) atoms. The Hall–Kier alpha value is -7.04. The van der Waals surface area contributed by atoms with E-state index in [2.05, 4.69) is 177 Å². The molecule has 0 saturated carbocycles. The van der Waals surface area contributed by atoms with Crippen LogP contribution in [0.25, 0.3) is 98.7 Å². The second-order valence-corrected chi connectivity index (χ2v) is 15.6. The second-order valence-electron chi connectivity index (χ2n) is 15.6. The summed E-state index contributed by atoms with van der Waals surface area (Å²) in [5.74, 6) is 0.334. The van der Waals surface area contributed by atoms with Crippen LogP contribution in [-0.4, -0.2) is 4.40 Å². The van der Waals surface area contributed by atoms with E-state index in [1.165, 1.54) is 88.1 Å². The largest absolute Gasteiger partial charge is 0.454 e. The maximum atomic E-state index is 6.81. The molecular weight excluding hydrogens is 671 g/mol. The molecule has 12 aromatic rings. The molecule has 14 rings (SSSR count). The number of para-hydroxylation sites is 1. The minimum atomic E-state index is 0.188. The van der Waals surface area contributed by atoms with Crippen LogP contribution in [-0.2, 0) is 6.42 Å². The van der Waals surface area contributed by atoms with E-state index in [0.29, 0.717) is 5.92 Å². The number of benzene rings is 6. The summed E-state index contributed by atoms with van der Waals surface area (Å²) < 4.78 is 14.4. The van der Waals surface area contributed by atoms with Gasteiger partial charge in [0.1, 0.15) is 5.58 Å². The third-order valence-corrected chi connectivity index (χ3v) is 13.1. The Morgan fingerprint density at radius 3 is 2.27 bits per heavy atom. The van der Waals surface area contributed by atoms with Gasteiger partial charge in [0.15, 0.2) is 18.0 Å². The molecule has 4 heteroatoms. The summed E-state index contributed by atoms with van der Waals surface area (Å²) in [6.07, 6.45) is 5.56. The Bertz CT molecular complexity index is 3650. The van der Waals surface area contributed by atoms with Gasteiger partial charge in [-0.1, -0.05) is 72.8 Å². The van der Waals surface area contributed by atoms with Gasteiger partial charge in [-0.3, -0.25) is 0 Å². The van der Waals surface area contributed by atoms with Gasteiger partial charge in [-0.05, 0) is 77.7 Å². The average molecular weight is 702 g/mol. The van der Waals surface area contributed by atoms with Crippen molar-refractivity contribution >= 4 is 76.3 Å². The summed E-state index contributed by atoms with van der Waals surface area (Å²) >= 11 is 0. The topological polar surface area (TPSA) is 25.5 Å². The van der Waals surface area contributed by atoms with Gasteiger partial charge in [-0.15, -0.1) is 0 Å². The van der Waals surface area contributed by atoms with Gasteiger partial charge >= 0.3 is 0 Å². The van der Waals surface area contributed by atoms with Crippen molar-refractivity contribution in [1.29, 1.82) is 0 Å². The van der Waals surface area contributed by atoms with Crippen LogP contribution in [0.3, 0.4) is 0 Å². The molecule has 0 saturated heterocycles. The predicted molar refractivity (Wildman–Crippen MR) is 221 cm³/mol. The van der Waals surface area contributed by atoms with Crippen LogP contribution in [0.15, 0.2) is 168 Å². The summed E-state index contributed by atoms with van der Waals surface area (Å²) in [4.78, 5) is 0. The molecule has 6 aromatic heterocycles. The first kappa shape index (κ1) is 28.5. The number of nitrogens with zero attached hydrogens (tertiary/aromatic N) is 3. The number of hydrogen-bond donors (Lipinski definition) is 0. The van der Waals surface area contributed by atoms with Crippen LogP contribution in [0.4, 0.5) is 0 Å². The minimum absolute atomic E-state index is 0.188. The SMILES string of the molecule is c1ccc(-c2cc3c4cc5c(cc4n4c3c(c2)c2ccc3c6ccccc6oc3c24)c2c([n+]3ccccc53)C3C(C2)c2ccccc2-c2cccc[n+]23)cc1. The molecule has 2 unspecified atom stereocenters. The van der Waals surface area contributed by atoms with Crippen molar-refractivity contribution in [2.45, 2.75) is 18.4 Å². The molecule has 254 valence electrons. The zero-order valence-electron chi connectivity index (χ0n) is 29.7. The molecule has 0 N–H and O–H groups in total. The number of aromatic nitrogens is 3. The summed E-state index contributed by atoms with van der Waals surface area (Å²) in [6, 6.07) is 56.3. The Labute approximate surface area is 314 Å². The van der Waals surface area contributed by atoms with Crippen LogP contribution in [0.5, 0.6) is 0 Å². The highest BCUT2D eigenvalue weighted by molar-refractivity contribution is 6.30. The summed E-state index contributed by atoms with van der Waals surface area (Å²) in [5, 5.41) is 9.97. The van der Waals surface area contributed by atoms with Crippen molar-refractivity contribution in [3.63, 3.8) is 0 Å². The van der Waals surface area contributed by atoms with Gasteiger partial charge in [0.25, 0.3) is 5.69 Å². The molecule has 2 aliphatic rings. The summed E-state index contributed by atoms with van der Waals surface area (Å²) in [6.45, 7) is 0. The predicted octanol–water partition coefficient (Wildman–Crippen LogP) is 11.5. The van der Waals surface area contributed by atoms with Crippen LogP contribution in [0, 0.1) is 0 Å². The fraction of sp³-hybridized carbons (Fsp3) is 0.0588. The molecule has 1 aliphatic carbocycles. The lowest BCUT2D eigenvalue weighted by atomic mass is 9.84. The van der Waals surface area contributed by atoms with E-state index in [1.54, 1.807) is 0 Å². The molecule has 4 nitrogen and oxygen atoms in total. The molecule has 0 fully saturated rings. The van der Waals surface area contributed by atoms with Crippen molar-refractivity contribution in [2.75, 3.05) is 0 Å². The summed E-state index contributed by atoms with van der Waals surface area (Å²) in [5.41, 5.74) is 16.1. The molecule has 6 aromatic carbocycles. The Morgan fingerprint density at radius 2 is 1.33 bits per heavy atom. The van der Waals surface area contributed by atoms with Crippen molar-refractivity contribution in [1.82, 2.24) is 4.40 Å². The Balaban J connectivity index is 1.17. The maximum absolute atomic E-state index is 6.81. The van der Waals surface area contributed by atoms with Crippen molar-refractivity contribution in [2.24, 2.45) is 0 Å². The Kier molecular flexibility index (Phi) is 5.14. The lowest BCUT2D eigenvalue weighted by Gasteiger charge is -2.24. The first-order valence-electron chi connectivity index (χ1n) is 19.3. The van der Waals surface area contributed by atoms with Crippen LogP contribution in [0.1, 0.15) is 28.8 Å². The first-order chi connectivity index (χ1) is 27.3. The monoisotopic (exact) mass is 701 g/mol. The van der Waals surface area contributed by atoms with Gasteiger partial charge in [-0.25, -0.2) is 0 Å².